The SMILES string of the molecule is CN(C(=O)C(NC=O)c1ccccc1)[C@H](CN1CCCC1)c1ccccc1. The molecule has 1 aliphatic heterocycles. The van der Waals surface area contributed by atoms with E-state index in [-0.39, 0.29) is 11.9 Å². The molecule has 1 aliphatic rings. The Kier molecular flexibility index (Phi) is 6.60. The molecule has 0 bridgehead atoms. The third-order valence-electron chi connectivity index (χ3n) is 5.24. The average Bonchev–Trinajstić information content (AvgIpc) is 3.24. The molecule has 2 aromatic carbocycles. The highest BCUT2D eigenvalue weighted by Crippen LogP contribution is 2.26. The number of carbonyl (C=O) groups is 2. The van der Waals surface area contributed by atoms with Gasteiger partial charge >= 0.3 is 0 Å². The molecule has 1 unspecified atom stereocenters. The predicted molar refractivity (Wildman–Crippen MR) is 106 cm³/mol. The zero-order valence-corrected chi connectivity index (χ0v) is 15.8. The lowest BCUT2D eigenvalue weighted by Gasteiger charge is -2.34. The maximum Gasteiger partial charge on any atom is 0.250 e. The molecule has 1 saturated heterocycles. The number of amides is 2. The molecule has 0 saturated carbocycles. The van der Waals surface area contributed by atoms with Crippen LogP contribution in [0.2, 0.25) is 0 Å². The second-order valence-electron chi connectivity index (χ2n) is 7.01. The van der Waals surface area contributed by atoms with Gasteiger partial charge in [-0.25, -0.2) is 0 Å². The van der Waals surface area contributed by atoms with Gasteiger partial charge in [-0.1, -0.05) is 60.7 Å². The van der Waals surface area contributed by atoms with Crippen LogP contribution < -0.4 is 5.32 Å². The molecule has 1 N–H and O–H groups in total. The van der Waals surface area contributed by atoms with Crippen LogP contribution in [0, 0.1) is 0 Å². The van der Waals surface area contributed by atoms with Gasteiger partial charge in [0, 0.05) is 13.6 Å². The second kappa shape index (κ2) is 9.33. The largest absolute Gasteiger partial charge is 0.343 e. The molecule has 0 spiro atoms. The summed E-state index contributed by atoms with van der Waals surface area (Å²) in [5.74, 6) is -0.110. The Hall–Kier alpha value is -2.66. The summed E-state index contributed by atoms with van der Waals surface area (Å²) in [6.07, 6.45) is 3.01. The van der Waals surface area contributed by atoms with Crippen LogP contribution in [0.25, 0.3) is 0 Å². The van der Waals surface area contributed by atoms with Gasteiger partial charge in [0.2, 0.25) is 12.3 Å². The maximum absolute atomic E-state index is 13.3. The highest BCUT2D eigenvalue weighted by atomic mass is 16.2. The minimum absolute atomic E-state index is 0.0588. The molecule has 5 nitrogen and oxygen atoms in total. The molecular formula is C22H27N3O2. The van der Waals surface area contributed by atoms with Crippen molar-refractivity contribution in [2.45, 2.75) is 24.9 Å². The quantitative estimate of drug-likeness (QED) is 0.732. The lowest BCUT2D eigenvalue weighted by Crippen LogP contribution is -2.43. The van der Waals surface area contributed by atoms with Crippen LogP contribution >= 0.6 is 0 Å². The third-order valence-corrected chi connectivity index (χ3v) is 5.24. The first-order valence-corrected chi connectivity index (χ1v) is 9.49. The summed E-state index contributed by atoms with van der Waals surface area (Å²) in [6, 6.07) is 18.8. The summed E-state index contributed by atoms with van der Waals surface area (Å²) >= 11 is 0. The number of nitrogens with one attached hydrogen (secondary N) is 1. The van der Waals surface area contributed by atoms with E-state index >= 15 is 0 Å². The first kappa shape index (κ1) is 19.1. The van der Waals surface area contributed by atoms with E-state index in [1.807, 2.05) is 55.6 Å². The Bertz CT molecular complexity index is 730. The molecule has 142 valence electrons. The Balaban J connectivity index is 1.85. The lowest BCUT2D eigenvalue weighted by atomic mass is 10.0. The molecular weight excluding hydrogens is 338 g/mol. The highest BCUT2D eigenvalue weighted by molar-refractivity contribution is 5.85. The summed E-state index contributed by atoms with van der Waals surface area (Å²) in [7, 11) is 1.83. The van der Waals surface area contributed by atoms with Crippen LogP contribution in [0.5, 0.6) is 0 Å². The van der Waals surface area contributed by atoms with Crippen LogP contribution in [-0.2, 0) is 9.59 Å². The second-order valence-corrected chi connectivity index (χ2v) is 7.01. The van der Waals surface area contributed by atoms with E-state index in [4.69, 9.17) is 0 Å². The molecule has 5 heteroatoms. The molecule has 2 aromatic rings. The summed E-state index contributed by atoms with van der Waals surface area (Å²) < 4.78 is 0. The van der Waals surface area contributed by atoms with Crippen LogP contribution in [-0.4, -0.2) is 48.8 Å². The topological polar surface area (TPSA) is 52.7 Å². The van der Waals surface area contributed by atoms with Gasteiger partial charge in [0.25, 0.3) is 0 Å². The average molecular weight is 365 g/mol. The summed E-state index contributed by atoms with van der Waals surface area (Å²) in [4.78, 5) is 28.6. The van der Waals surface area contributed by atoms with Crippen molar-refractivity contribution in [1.82, 2.24) is 15.1 Å². The van der Waals surface area contributed by atoms with Crippen molar-refractivity contribution >= 4 is 12.3 Å². The Morgan fingerprint density at radius 2 is 1.59 bits per heavy atom. The monoisotopic (exact) mass is 365 g/mol. The zero-order valence-electron chi connectivity index (χ0n) is 15.8. The van der Waals surface area contributed by atoms with E-state index in [9.17, 15) is 9.59 Å². The molecule has 27 heavy (non-hydrogen) atoms. The number of hydrogen-bond donors (Lipinski definition) is 1. The zero-order chi connectivity index (χ0) is 19.1. The summed E-state index contributed by atoms with van der Waals surface area (Å²) in [5.41, 5.74) is 1.90. The van der Waals surface area contributed by atoms with Gasteiger partial charge in [0.05, 0.1) is 6.04 Å². The molecule has 0 aromatic heterocycles. The van der Waals surface area contributed by atoms with Gasteiger partial charge < -0.3 is 15.1 Å². The van der Waals surface area contributed by atoms with E-state index in [0.717, 1.165) is 30.8 Å². The van der Waals surface area contributed by atoms with Gasteiger partial charge in [0.15, 0.2) is 0 Å². The Morgan fingerprint density at radius 3 is 2.15 bits per heavy atom. The number of likely N-dealkylation sites (N-methyl/N-ethyl adjacent to an activating group) is 1. The molecule has 2 atom stereocenters. The fourth-order valence-electron chi connectivity index (χ4n) is 3.72. The van der Waals surface area contributed by atoms with Crippen LogP contribution in [0.3, 0.4) is 0 Å². The number of benzene rings is 2. The molecule has 0 aliphatic carbocycles. The fraction of sp³-hybridized carbons (Fsp3) is 0.364. The normalized spacial score (nSPS) is 16.5. The maximum atomic E-state index is 13.3. The number of nitrogens with zero attached hydrogens (tertiary/aromatic N) is 2. The van der Waals surface area contributed by atoms with Gasteiger partial charge in [-0.05, 0) is 37.1 Å². The van der Waals surface area contributed by atoms with Crippen molar-refractivity contribution in [3.05, 3.63) is 71.8 Å². The van der Waals surface area contributed by atoms with E-state index in [2.05, 4.69) is 22.3 Å². The first-order valence-electron chi connectivity index (χ1n) is 9.49. The minimum atomic E-state index is -0.682. The van der Waals surface area contributed by atoms with E-state index < -0.39 is 6.04 Å². The molecule has 1 heterocycles. The highest BCUT2D eigenvalue weighted by Gasteiger charge is 2.30. The van der Waals surface area contributed by atoms with Crippen LogP contribution in [0.1, 0.15) is 36.1 Å². The van der Waals surface area contributed by atoms with Crippen molar-refractivity contribution in [3.63, 3.8) is 0 Å². The van der Waals surface area contributed by atoms with Gasteiger partial charge in [-0.3, -0.25) is 9.59 Å². The smallest absolute Gasteiger partial charge is 0.250 e. The van der Waals surface area contributed by atoms with E-state index in [1.165, 1.54) is 12.8 Å². The Morgan fingerprint density at radius 1 is 1.04 bits per heavy atom. The number of rotatable bonds is 8. The van der Waals surface area contributed by atoms with Crippen LogP contribution in [0.4, 0.5) is 0 Å². The molecule has 1 fully saturated rings. The first-order chi connectivity index (χ1) is 13.2. The molecule has 0 radical (unpaired) electrons. The van der Waals surface area contributed by atoms with Gasteiger partial charge in [0.1, 0.15) is 6.04 Å². The van der Waals surface area contributed by atoms with Gasteiger partial charge in [-0.15, -0.1) is 0 Å². The van der Waals surface area contributed by atoms with Crippen molar-refractivity contribution < 1.29 is 9.59 Å². The van der Waals surface area contributed by atoms with Crippen molar-refractivity contribution in [1.29, 1.82) is 0 Å². The standard InChI is InChI=1S/C22H27N3O2/c1-24(22(27)21(23-17-26)19-12-6-3-7-13-19)20(16-25-14-8-9-15-25)18-10-4-2-5-11-18/h2-7,10-13,17,20-21H,8-9,14-16H2,1H3,(H,23,26)/t20-,21?/m1/s1. The van der Waals surface area contributed by atoms with Crippen LogP contribution in [0.15, 0.2) is 60.7 Å². The van der Waals surface area contributed by atoms with Crippen molar-refractivity contribution in [2.24, 2.45) is 0 Å². The Labute approximate surface area is 161 Å². The number of hydrogen-bond acceptors (Lipinski definition) is 3. The molecule has 3 rings (SSSR count). The van der Waals surface area contributed by atoms with E-state index in [1.54, 1.807) is 4.90 Å². The van der Waals surface area contributed by atoms with E-state index in [0.29, 0.717) is 6.41 Å². The lowest BCUT2D eigenvalue weighted by molar-refractivity contribution is -0.136. The minimum Gasteiger partial charge on any atom is -0.343 e. The predicted octanol–water partition coefficient (Wildman–Crippen LogP) is 2.77. The molecule has 2 amide bonds. The fourth-order valence-corrected chi connectivity index (χ4v) is 3.72. The van der Waals surface area contributed by atoms with Crippen molar-refractivity contribution in [3.8, 4) is 0 Å². The van der Waals surface area contributed by atoms with Gasteiger partial charge in [-0.2, -0.15) is 0 Å². The third kappa shape index (κ3) is 4.74. The van der Waals surface area contributed by atoms with Crippen molar-refractivity contribution in [2.75, 3.05) is 26.7 Å². The number of carbonyl (C=O) groups excluding carboxylic acids is 2. The summed E-state index contributed by atoms with van der Waals surface area (Å²) in [5, 5.41) is 2.69. The number of likely N-dealkylation sites (tertiary alicyclic amines) is 1. The summed E-state index contributed by atoms with van der Waals surface area (Å²) in [6.45, 7) is 2.94.